The van der Waals surface area contributed by atoms with Gasteiger partial charge in [0.15, 0.2) is 0 Å². The summed E-state index contributed by atoms with van der Waals surface area (Å²) in [6.07, 6.45) is 6.08. The minimum absolute atomic E-state index is 0.562. The summed E-state index contributed by atoms with van der Waals surface area (Å²) in [6.45, 7) is 6.13. The summed E-state index contributed by atoms with van der Waals surface area (Å²) >= 11 is 0. The average molecular weight is 175 g/mol. The van der Waals surface area contributed by atoms with E-state index in [1.807, 2.05) is 0 Å². The van der Waals surface area contributed by atoms with E-state index in [-0.39, 0.29) is 0 Å². The van der Waals surface area contributed by atoms with Gasteiger partial charge < -0.3 is 5.32 Å². The molecule has 5 rings (SSSR count). The molecule has 0 aromatic rings. The molecule has 0 aromatic heterocycles. The van der Waals surface area contributed by atoms with Gasteiger partial charge in [-0.1, -0.05) is 6.58 Å². The smallest absolute Gasteiger partial charge is 0.0463 e. The van der Waals surface area contributed by atoms with E-state index in [2.05, 4.69) is 18.8 Å². The Morgan fingerprint density at radius 3 is 2.62 bits per heavy atom. The Hall–Kier alpha value is -0.460. The molecule has 1 nitrogen and oxygen atoms in total. The summed E-state index contributed by atoms with van der Waals surface area (Å²) in [4.78, 5) is 0. The van der Waals surface area contributed by atoms with Crippen molar-refractivity contribution in [1.29, 1.82) is 0 Å². The number of nitrogens with one attached hydrogen (secondary N) is 1. The maximum absolute atomic E-state index is 4.01. The second-order valence-corrected chi connectivity index (χ2v) is 5.89. The third-order valence-electron chi connectivity index (χ3n) is 5.71. The minimum atomic E-state index is 0.562. The molecule has 70 valence electrons. The van der Waals surface area contributed by atoms with Crippen molar-refractivity contribution in [3.8, 4) is 0 Å². The first-order chi connectivity index (χ1) is 6.19. The third-order valence-corrected chi connectivity index (χ3v) is 5.71. The minimum Gasteiger partial charge on any atom is -0.383 e. The molecule has 2 bridgehead atoms. The molecule has 0 aliphatic heterocycles. The first-order valence-corrected chi connectivity index (χ1v) is 5.63. The summed E-state index contributed by atoms with van der Waals surface area (Å²) in [5.74, 6) is 3.21. The summed E-state index contributed by atoms with van der Waals surface area (Å²) in [5.41, 5.74) is 2.54. The predicted octanol–water partition coefficient (Wildman–Crippen LogP) is 2.30. The normalized spacial score (nSPS) is 64.2. The van der Waals surface area contributed by atoms with E-state index in [1.165, 1.54) is 18.5 Å². The fourth-order valence-corrected chi connectivity index (χ4v) is 5.48. The Labute approximate surface area is 79.6 Å². The first-order valence-electron chi connectivity index (χ1n) is 5.63. The van der Waals surface area contributed by atoms with Crippen LogP contribution in [0.1, 0.15) is 32.6 Å². The molecule has 1 spiro atoms. The predicted molar refractivity (Wildman–Crippen MR) is 52.1 cm³/mol. The van der Waals surface area contributed by atoms with Gasteiger partial charge in [-0.15, -0.1) is 0 Å². The van der Waals surface area contributed by atoms with Gasteiger partial charge in [-0.25, -0.2) is 0 Å². The van der Waals surface area contributed by atoms with Crippen molar-refractivity contribution in [3.63, 3.8) is 0 Å². The standard InChI is InChI=1S/C12H17N/c1-7(2)13-12-6-9-3-8-4-10(12)5-11(8,9)12/h8-10,13H,1,3-6H2,2H3. The molecule has 5 aliphatic rings. The highest BCUT2D eigenvalue weighted by molar-refractivity contribution is 5.40. The van der Waals surface area contributed by atoms with Gasteiger partial charge >= 0.3 is 0 Å². The van der Waals surface area contributed by atoms with E-state index >= 15 is 0 Å². The van der Waals surface area contributed by atoms with Gasteiger partial charge in [0.25, 0.3) is 0 Å². The molecule has 5 fully saturated rings. The molecule has 0 amide bonds. The maximum atomic E-state index is 4.01. The van der Waals surface area contributed by atoms with Crippen LogP contribution in [-0.4, -0.2) is 5.54 Å². The van der Waals surface area contributed by atoms with Gasteiger partial charge in [0.1, 0.15) is 0 Å². The largest absolute Gasteiger partial charge is 0.383 e. The maximum Gasteiger partial charge on any atom is 0.0463 e. The van der Waals surface area contributed by atoms with Crippen molar-refractivity contribution in [2.75, 3.05) is 0 Å². The van der Waals surface area contributed by atoms with Gasteiger partial charge in [-0.3, -0.25) is 0 Å². The first kappa shape index (κ1) is 6.92. The molecule has 5 saturated carbocycles. The molecule has 0 aromatic carbocycles. The van der Waals surface area contributed by atoms with Crippen LogP contribution in [0.15, 0.2) is 12.3 Å². The number of rotatable bonds is 2. The van der Waals surface area contributed by atoms with Crippen molar-refractivity contribution < 1.29 is 0 Å². The van der Waals surface area contributed by atoms with E-state index in [1.54, 1.807) is 12.8 Å². The van der Waals surface area contributed by atoms with Crippen LogP contribution in [0, 0.1) is 23.2 Å². The fourth-order valence-electron chi connectivity index (χ4n) is 5.48. The van der Waals surface area contributed by atoms with E-state index < -0.39 is 0 Å². The lowest BCUT2D eigenvalue weighted by molar-refractivity contribution is -0.255. The van der Waals surface area contributed by atoms with E-state index in [4.69, 9.17) is 0 Å². The second-order valence-electron chi connectivity index (χ2n) is 5.89. The molecule has 5 aliphatic carbocycles. The molecular weight excluding hydrogens is 158 g/mol. The topological polar surface area (TPSA) is 12.0 Å². The van der Waals surface area contributed by atoms with Gasteiger partial charge in [-0.2, -0.15) is 0 Å². The molecule has 13 heavy (non-hydrogen) atoms. The summed E-state index contributed by atoms with van der Waals surface area (Å²) < 4.78 is 0. The van der Waals surface area contributed by atoms with E-state index in [0.717, 1.165) is 23.2 Å². The molecule has 0 saturated heterocycles. The zero-order valence-corrected chi connectivity index (χ0v) is 8.27. The van der Waals surface area contributed by atoms with Crippen LogP contribution in [0.2, 0.25) is 0 Å². The van der Waals surface area contributed by atoms with E-state index in [0.29, 0.717) is 5.54 Å². The number of hydrogen-bond donors (Lipinski definition) is 1. The Morgan fingerprint density at radius 1 is 1.23 bits per heavy atom. The van der Waals surface area contributed by atoms with Crippen LogP contribution in [0.4, 0.5) is 0 Å². The Balaban J connectivity index is 1.74. The lowest BCUT2D eigenvalue weighted by atomic mass is 9.29. The highest BCUT2D eigenvalue weighted by Crippen LogP contribution is 2.88. The van der Waals surface area contributed by atoms with Crippen molar-refractivity contribution in [2.24, 2.45) is 23.2 Å². The fraction of sp³-hybridized carbons (Fsp3) is 0.833. The quantitative estimate of drug-likeness (QED) is 0.679. The van der Waals surface area contributed by atoms with Crippen LogP contribution in [0.25, 0.3) is 0 Å². The third kappa shape index (κ3) is 0.428. The molecule has 5 atom stereocenters. The SMILES string of the molecule is C=C(C)NC12CC3CC4CC1CC432. The molecule has 0 radical (unpaired) electrons. The Bertz CT molecular complexity index is 319. The van der Waals surface area contributed by atoms with Crippen molar-refractivity contribution in [1.82, 2.24) is 5.32 Å². The summed E-state index contributed by atoms with van der Waals surface area (Å²) in [5, 5.41) is 3.71. The summed E-state index contributed by atoms with van der Waals surface area (Å²) in [6, 6.07) is 0. The molecular formula is C12H17N. The van der Waals surface area contributed by atoms with Crippen LogP contribution in [-0.2, 0) is 0 Å². The van der Waals surface area contributed by atoms with Gasteiger partial charge in [0.2, 0.25) is 0 Å². The van der Waals surface area contributed by atoms with Crippen molar-refractivity contribution in [2.45, 2.75) is 38.1 Å². The Kier molecular flexibility index (Phi) is 0.837. The zero-order chi connectivity index (χ0) is 8.84. The number of hydrogen-bond acceptors (Lipinski definition) is 1. The van der Waals surface area contributed by atoms with Gasteiger partial charge in [0.05, 0.1) is 0 Å². The van der Waals surface area contributed by atoms with Crippen molar-refractivity contribution >= 4 is 0 Å². The van der Waals surface area contributed by atoms with Gasteiger partial charge in [-0.05, 0) is 55.8 Å². The van der Waals surface area contributed by atoms with Crippen LogP contribution in [0.5, 0.6) is 0 Å². The molecule has 1 N–H and O–H groups in total. The Morgan fingerprint density at radius 2 is 2.00 bits per heavy atom. The molecule has 1 heteroatoms. The molecule has 5 unspecified atom stereocenters. The second kappa shape index (κ2) is 1.57. The molecule has 0 heterocycles. The highest BCUT2D eigenvalue weighted by atomic mass is 15.1. The van der Waals surface area contributed by atoms with Crippen molar-refractivity contribution in [3.05, 3.63) is 12.3 Å². The van der Waals surface area contributed by atoms with Crippen LogP contribution in [0.3, 0.4) is 0 Å². The van der Waals surface area contributed by atoms with Gasteiger partial charge in [0, 0.05) is 11.2 Å². The van der Waals surface area contributed by atoms with E-state index in [9.17, 15) is 0 Å². The summed E-state index contributed by atoms with van der Waals surface area (Å²) in [7, 11) is 0. The lowest BCUT2D eigenvalue weighted by Gasteiger charge is -2.78. The monoisotopic (exact) mass is 175 g/mol. The van der Waals surface area contributed by atoms with Crippen LogP contribution >= 0.6 is 0 Å². The zero-order valence-electron chi connectivity index (χ0n) is 8.27. The number of allylic oxidation sites excluding steroid dienone is 1. The average Bonchev–Trinajstić information content (AvgIpc) is 2.35. The van der Waals surface area contributed by atoms with Crippen LogP contribution < -0.4 is 5.32 Å². The lowest BCUT2D eigenvalue weighted by Crippen LogP contribution is -2.82. The highest BCUT2D eigenvalue weighted by Gasteiger charge is 2.87.